The van der Waals surface area contributed by atoms with Gasteiger partial charge in [-0.15, -0.1) is 11.3 Å². The number of rotatable bonds is 3. The first-order valence-electron chi connectivity index (χ1n) is 5.91. The lowest BCUT2D eigenvalue weighted by molar-refractivity contribution is -0.119. The summed E-state index contributed by atoms with van der Waals surface area (Å²) in [4.78, 5) is 24.1. The maximum absolute atomic E-state index is 12.1. The number of methoxy groups -OCH3 is 1. The first kappa shape index (κ1) is 15.7. The van der Waals surface area contributed by atoms with E-state index in [4.69, 9.17) is 5.73 Å². The normalized spacial score (nSPS) is 12.9. The summed E-state index contributed by atoms with van der Waals surface area (Å²) >= 11 is 1.24. The highest BCUT2D eigenvalue weighted by atomic mass is 32.1. The second-order valence-electron chi connectivity index (χ2n) is 5.45. The maximum atomic E-state index is 12.1. The van der Waals surface area contributed by atoms with Gasteiger partial charge in [0, 0.05) is 0 Å². The van der Waals surface area contributed by atoms with Crippen LogP contribution in [0.2, 0.25) is 0 Å². The quantitative estimate of drug-likeness (QED) is 0.833. The van der Waals surface area contributed by atoms with Crippen LogP contribution in [-0.4, -0.2) is 25.0 Å². The minimum atomic E-state index is -0.655. The molecule has 5 nitrogen and oxygen atoms in total. The lowest BCUT2D eigenvalue weighted by Crippen LogP contribution is -2.45. The zero-order valence-corrected chi connectivity index (χ0v) is 12.7. The Balaban J connectivity index is 2.97. The van der Waals surface area contributed by atoms with Crippen molar-refractivity contribution < 1.29 is 14.3 Å². The van der Waals surface area contributed by atoms with E-state index in [1.807, 2.05) is 27.7 Å². The molecule has 0 saturated carbocycles. The number of carbonyl (C=O) groups excluding carboxylic acids is 2. The van der Waals surface area contributed by atoms with Crippen molar-refractivity contribution in [1.82, 2.24) is 0 Å². The highest BCUT2D eigenvalue weighted by molar-refractivity contribution is 7.12. The van der Waals surface area contributed by atoms with Gasteiger partial charge in [-0.3, -0.25) is 4.79 Å². The van der Waals surface area contributed by atoms with Crippen LogP contribution in [0.4, 0.5) is 5.69 Å². The van der Waals surface area contributed by atoms with Crippen molar-refractivity contribution in [3.63, 3.8) is 0 Å². The van der Waals surface area contributed by atoms with Gasteiger partial charge in [0.15, 0.2) is 0 Å². The van der Waals surface area contributed by atoms with Crippen LogP contribution in [0.1, 0.15) is 36.0 Å². The number of hydrogen-bond donors (Lipinski definition) is 2. The predicted molar refractivity (Wildman–Crippen MR) is 76.5 cm³/mol. The number of carbonyl (C=O) groups is 2. The Hall–Kier alpha value is -1.40. The lowest BCUT2D eigenvalue weighted by Gasteiger charge is -2.26. The van der Waals surface area contributed by atoms with Crippen LogP contribution < -0.4 is 11.1 Å². The predicted octanol–water partition coefficient (Wildman–Crippen LogP) is 2.16. The summed E-state index contributed by atoms with van der Waals surface area (Å²) in [6, 6.07) is -0.655. The molecule has 0 bridgehead atoms. The van der Waals surface area contributed by atoms with Crippen molar-refractivity contribution in [3.05, 3.63) is 15.8 Å². The molecule has 0 aliphatic rings. The number of hydrogen-bond acceptors (Lipinski definition) is 5. The fourth-order valence-corrected chi connectivity index (χ4v) is 2.36. The van der Waals surface area contributed by atoms with Gasteiger partial charge in [-0.1, -0.05) is 20.8 Å². The second kappa shape index (κ2) is 5.71. The van der Waals surface area contributed by atoms with Gasteiger partial charge >= 0.3 is 5.97 Å². The molecule has 3 N–H and O–H groups in total. The fraction of sp³-hybridized carbons (Fsp3) is 0.538. The van der Waals surface area contributed by atoms with Crippen LogP contribution in [0.5, 0.6) is 0 Å². The van der Waals surface area contributed by atoms with Crippen LogP contribution in [0, 0.1) is 12.3 Å². The molecule has 1 aromatic heterocycles. The molecule has 19 heavy (non-hydrogen) atoms. The van der Waals surface area contributed by atoms with Crippen LogP contribution in [0.25, 0.3) is 0 Å². The molecule has 0 aromatic carbocycles. The third-order valence-corrected chi connectivity index (χ3v) is 3.89. The monoisotopic (exact) mass is 284 g/mol. The summed E-state index contributed by atoms with van der Waals surface area (Å²) in [5.74, 6) is -0.767. The number of aryl methyl sites for hydroxylation is 1. The Morgan fingerprint density at radius 3 is 2.47 bits per heavy atom. The zero-order chi connectivity index (χ0) is 14.8. The number of amides is 1. The van der Waals surface area contributed by atoms with Crippen LogP contribution in [-0.2, 0) is 9.53 Å². The molecular formula is C13H20N2O3S. The molecule has 0 aliphatic heterocycles. The van der Waals surface area contributed by atoms with Crippen molar-refractivity contribution in [1.29, 1.82) is 0 Å². The van der Waals surface area contributed by atoms with E-state index < -0.39 is 12.0 Å². The highest BCUT2D eigenvalue weighted by Crippen LogP contribution is 2.29. The van der Waals surface area contributed by atoms with Crippen molar-refractivity contribution in [2.45, 2.75) is 33.7 Å². The summed E-state index contributed by atoms with van der Waals surface area (Å²) < 4.78 is 4.69. The Bertz CT molecular complexity index is 489. The van der Waals surface area contributed by atoms with E-state index in [0.717, 1.165) is 5.56 Å². The summed E-state index contributed by atoms with van der Waals surface area (Å²) in [7, 11) is 1.31. The third-order valence-electron chi connectivity index (χ3n) is 2.81. The summed E-state index contributed by atoms with van der Waals surface area (Å²) in [6.45, 7) is 7.48. The topological polar surface area (TPSA) is 81.4 Å². The Kier molecular flexibility index (Phi) is 4.70. The van der Waals surface area contributed by atoms with Gasteiger partial charge in [0.1, 0.15) is 4.88 Å². The number of ether oxygens (including phenoxy) is 1. The molecular weight excluding hydrogens is 264 g/mol. The molecule has 0 saturated heterocycles. The van der Waals surface area contributed by atoms with Crippen molar-refractivity contribution in [3.8, 4) is 0 Å². The van der Waals surface area contributed by atoms with Gasteiger partial charge in [-0.25, -0.2) is 4.79 Å². The number of nitrogens with one attached hydrogen (secondary N) is 1. The third kappa shape index (κ3) is 3.54. The van der Waals surface area contributed by atoms with E-state index in [0.29, 0.717) is 10.6 Å². The molecule has 1 unspecified atom stereocenters. The minimum Gasteiger partial charge on any atom is -0.465 e. The average molecular weight is 284 g/mol. The van der Waals surface area contributed by atoms with E-state index in [1.54, 1.807) is 5.38 Å². The van der Waals surface area contributed by atoms with Gasteiger partial charge in [0.25, 0.3) is 0 Å². The molecule has 1 atom stereocenters. The molecule has 0 spiro atoms. The average Bonchev–Trinajstić information content (AvgIpc) is 2.68. The summed E-state index contributed by atoms with van der Waals surface area (Å²) in [5.41, 5.74) is 6.85. The largest absolute Gasteiger partial charge is 0.465 e. The molecule has 1 heterocycles. The van der Waals surface area contributed by atoms with Gasteiger partial charge < -0.3 is 15.8 Å². The van der Waals surface area contributed by atoms with E-state index >= 15 is 0 Å². The Labute approximate surface area is 117 Å². The van der Waals surface area contributed by atoms with Crippen molar-refractivity contribution >= 4 is 28.9 Å². The van der Waals surface area contributed by atoms with Gasteiger partial charge in [0.2, 0.25) is 5.91 Å². The van der Waals surface area contributed by atoms with E-state index in [9.17, 15) is 9.59 Å². The smallest absolute Gasteiger partial charge is 0.350 e. The standard InChI is InChI=1S/C13H20N2O3S/c1-7-6-19-9(12(17)18-5)8(7)15-11(16)10(14)13(2,3)4/h6,10H,14H2,1-5H3,(H,15,16). The minimum absolute atomic E-state index is 0.306. The molecule has 1 aromatic rings. The first-order chi connectivity index (χ1) is 8.68. The summed E-state index contributed by atoms with van der Waals surface area (Å²) in [6.07, 6.45) is 0. The maximum Gasteiger partial charge on any atom is 0.350 e. The Morgan fingerprint density at radius 2 is 2.00 bits per heavy atom. The summed E-state index contributed by atoms with van der Waals surface area (Å²) in [5, 5.41) is 4.52. The number of nitrogens with two attached hydrogens (primary N) is 1. The molecule has 106 valence electrons. The molecule has 1 rings (SSSR count). The van der Waals surface area contributed by atoms with Crippen LogP contribution in [0.3, 0.4) is 0 Å². The van der Waals surface area contributed by atoms with Crippen LogP contribution >= 0.6 is 11.3 Å². The number of anilines is 1. The van der Waals surface area contributed by atoms with Gasteiger partial charge in [-0.05, 0) is 23.3 Å². The van der Waals surface area contributed by atoms with E-state index in [2.05, 4.69) is 10.1 Å². The fourth-order valence-electron chi connectivity index (χ4n) is 1.44. The number of thiophene rings is 1. The number of esters is 1. The molecule has 0 radical (unpaired) electrons. The SMILES string of the molecule is COC(=O)c1scc(C)c1NC(=O)C(N)C(C)(C)C. The highest BCUT2D eigenvalue weighted by Gasteiger charge is 2.29. The van der Waals surface area contributed by atoms with Gasteiger partial charge in [-0.2, -0.15) is 0 Å². The Morgan fingerprint density at radius 1 is 1.42 bits per heavy atom. The van der Waals surface area contributed by atoms with Gasteiger partial charge in [0.05, 0.1) is 18.8 Å². The molecule has 0 fully saturated rings. The lowest BCUT2D eigenvalue weighted by atomic mass is 9.87. The van der Waals surface area contributed by atoms with E-state index in [1.165, 1.54) is 18.4 Å². The van der Waals surface area contributed by atoms with Crippen molar-refractivity contribution in [2.24, 2.45) is 11.1 Å². The molecule has 1 amide bonds. The molecule has 6 heteroatoms. The van der Waals surface area contributed by atoms with E-state index in [-0.39, 0.29) is 11.3 Å². The van der Waals surface area contributed by atoms with Crippen LogP contribution in [0.15, 0.2) is 5.38 Å². The zero-order valence-electron chi connectivity index (χ0n) is 11.9. The second-order valence-corrected chi connectivity index (χ2v) is 6.33. The van der Waals surface area contributed by atoms with Crippen molar-refractivity contribution in [2.75, 3.05) is 12.4 Å². The first-order valence-corrected chi connectivity index (χ1v) is 6.79. The molecule has 0 aliphatic carbocycles.